The lowest BCUT2D eigenvalue weighted by Gasteiger charge is -2.32. The van der Waals surface area contributed by atoms with Crippen molar-refractivity contribution in [1.29, 1.82) is 0 Å². The first-order valence-electron chi connectivity index (χ1n) is 9.84. The molecule has 0 radical (unpaired) electrons. The number of benzene rings is 1. The second-order valence-corrected chi connectivity index (χ2v) is 8.05. The zero-order chi connectivity index (χ0) is 18.8. The molecule has 1 N–H and O–H groups in total. The maximum atomic E-state index is 12.8. The molecule has 1 amide bonds. The van der Waals surface area contributed by atoms with Gasteiger partial charge in [0.2, 0.25) is 0 Å². The molecule has 1 aromatic carbocycles. The quantitative estimate of drug-likeness (QED) is 0.752. The minimum atomic E-state index is 0.136. The number of likely N-dealkylation sites (tertiary alicyclic amines) is 1. The summed E-state index contributed by atoms with van der Waals surface area (Å²) in [6.45, 7) is 6.89. The summed E-state index contributed by atoms with van der Waals surface area (Å²) in [5.74, 6) is 1.28. The van der Waals surface area contributed by atoms with Crippen molar-refractivity contribution in [3.8, 4) is 0 Å². The number of nitrogens with zero attached hydrogens (tertiary/aromatic N) is 4. The fourth-order valence-electron chi connectivity index (χ4n) is 3.89. The third-order valence-electron chi connectivity index (χ3n) is 5.35. The van der Waals surface area contributed by atoms with Crippen LogP contribution in [-0.4, -0.2) is 43.9 Å². The van der Waals surface area contributed by atoms with Gasteiger partial charge in [-0.2, -0.15) is 0 Å². The molecule has 3 heterocycles. The Hall–Kier alpha value is -2.63. The molecule has 3 aromatic rings. The van der Waals surface area contributed by atoms with Gasteiger partial charge in [0.25, 0.3) is 5.91 Å². The van der Waals surface area contributed by atoms with Crippen molar-refractivity contribution in [3.63, 3.8) is 0 Å². The van der Waals surface area contributed by atoms with E-state index in [4.69, 9.17) is 0 Å². The topological polar surface area (TPSA) is 66.8 Å². The van der Waals surface area contributed by atoms with E-state index < -0.39 is 0 Å². The van der Waals surface area contributed by atoms with Crippen LogP contribution in [0.4, 0.5) is 0 Å². The van der Waals surface area contributed by atoms with Crippen molar-refractivity contribution in [1.82, 2.24) is 24.9 Å². The third-order valence-corrected chi connectivity index (χ3v) is 5.35. The highest BCUT2D eigenvalue weighted by Crippen LogP contribution is 2.22. The highest BCUT2D eigenvalue weighted by Gasteiger charge is 2.24. The Morgan fingerprint density at radius 2 is 2.07 bits per heavy atom. The first-order chi connectivity index (χ1) is 13.1. The molecular weight excluding hydrogens is 338 g/mol. The van der Waals surface area contributed by atoms with Crippen molar-refractivity contribution in [3.05, 3.63) is 47.9 Å². The first kappa shape index (κ1) is 17.8. The number of aromatic nitrogens is 4. The number of rotatable bonds is 5. The van der Waals surface area contributed by atoms with E-state index in [1.54, 1.807) is 0 Å². The van der Waals surface area contributed by atoms with Gasteiger partial charge in [-0.15, -0.1) is 5.10 Å². The van der Waals surface area contributed by atoms with Crippen molar-refractivity contribution in [2.24, 2.45) is 11.8 Å². The Kier molecular flexibility index (Phi) is 4.97. The maximum absolute atomic E-state index is 12.8. The summed E-state index contributed by atoms with van der Waals surface area (Å²) in [5, 5.41) is 9.63. The van der Waals surface area contributed by atoms with Gasteiger partial charge in [0, 0.05) is 48.5 Å². The Morgan fingerprint density at radius 3 is 2.85 bits per heavy atom. The SMILES string of the molecule is CC(C)Cc1cn(CC2CCN(C(=O)c3ccc4[nH]ccc4c3)CC2)nn1. The Labute approximate surface area is 159 Å². The number of carbonyl (C=O) groups excluding carboxylic acids is 1. The number of hydrogen-bond donors (Lipinski definition) is 1. The number of amides is 1. The summed E-state index contributed by atoms with van der Waals surface area (Å²) in [7, 11) is 0. The largest absolute Gasteiger partial charge is 0.361 e. The Morgan fingerprint density at radius 1 is 1.26 bits per heavy atom. The first-order valence-corrected chi connectivity index (χ1v) is 9.84. The number of hydrogen-bond acceptors (Lipinski definition) is 3. The van der Waals surface area contributed by atoms with E-state index in [2.05, 4.69) is 35.3 Å². The second kappa shape index (κ2) is 7.55. The minimum Gasteiger partial charge on any atom is -0.361 e. The van der Waals surface area contributed by atoms with Crippen LogP contribution in [-0.2, 0) is 13.0 Å². The van der Waals surface area contributed by atoms with Crippen LogP contribution in [0.15, 0.2) is 36.7 Å². The van der Waals surface area contributed by atoms with Gasteiger partial charge < -0.3 is 9.88 Å². The van der Waals surface area contributed by atoms with Crippen LogP contribution in [0.25, 0.3) is 10.9 Å². The number of piperidine rings is 1. The molecule has 0 aliphatic carbocycles. The molecule has 0 atom stereocenters. The minimum absolute atomic E-state index is 0.136. The lowest BCUT2D eigenvalue weighted by molar-refractivity contribution is 0.0681. The predicted octanol–water partition coefficient (Wildman–Crippen LogP) is 3.51. The zero-order valence-corrected chi connectivity index (χ0v) is 16.1. The lowest BCUT2D eigenvalue weighted by atomic mass is 9.96. The summed E-state index contributed by atoms with van der Waals surface area (Å²) < 4.78 is 1.97. The van der Waals surface area contributed by atoms with Crippen LogP contribution < -0.4 is 0 Å². The number of nitrogens with one attached hydrogen (secondary N) is 1. The molecule has 0 spiro atoms. The molecule has 27 heavy (non-hydrogen) atoms. The molecule has 2 aromatic heterocycles. The summed E-state index contributed by atoms with van der Waals surface area (Å²) in [4.78, 5) is 18.0. The number of carbonyl (C=O) groups is 1. The molecule has 1 saturated heterocycles. The number of fused-ring (bicyclic) bond motifs is 1. The van der Waals surface area contributed by atoms with Crippen LogP contribution in [0, 0.1) is 11.8 Å². The number of aromatic amines is 1. The fraction of sp³-hybridized carbons (Fsp3) is 0.476. The maximum Gasteiger partial charge on any atom is 0.253 e. The van der Waals surface area contributed by atoms with Gasteiger partial charge in [-0.05, 0) is 55.4 Å². The average molecular weight is 365 g/mol. The van der Waals surface area contributed by atoms with Crippen molar-refractivity contribution >= 4 is 16.8 Å². The molecule has 4 rings (SSSR count). The van der Waals surface area contributed by atoms with E-state index in [0.717, 1.165) is 61.1 Å². The van der Waals surface area contributed by atoms with E-state index in [0.29, 0.717) is 11.8 Å². The molecule has 1 aliphatic rings. The average Bonchev–Trinajstić information content (AvgIpc) is 3.30. The van der Waals surface area contributed by atoms with Gasteiger partial charge in [-0.3, -0.25) is 9.48 Å². The lowest BCUT2D eigenvalue weighted by Crippen LogP contribution is -2.39. The molecule has 142 valence electrons. The Balaban J connectivity index is 1.33. The second-order valence-electron chi connectivity index (χ2n) is 8.05. The van der Waals surface area contributed by atoms with Gasteiger partial charge in [0.05, 0.1) is 5.69 Å². The van der Waals surface area contributed by atoms with E-state index in [-0.39, 0.29) is 5.91 Å². The predicted molar refractivity (Wildman–Crippen MR) is 105 cm³/mol. The molecule has 1 fully saturated rings. The standard InChI is InChI=1S/C21H27N5O/c1-15(2)11-19-14-26(24-23-19)13-16-6-9-25(10-7-16)21(27)18-3-4-20-17(12-18)5-8-22-20/h3-5,8,12,14-16,22H,6-7,9-11,13H2,1-2H3. The van der Waals surface area contributed by atoms with Crippen molar-refractivity contribution in [2.45, 2.75) is 39.7 Å². The Bertz CT molecular complexity index is 917. The number of H-pyrrole nitrogens is 1. The molecule has 1 aliphatic heterocycles. The van der Waals surface area contributed by atoms with E-state index >= 15 is 0 Å². The highest BCUT2D eigenvalue weighted by molar-refractivity contribution is 5.98. The van der Waals surface area contributed by atoms with Crippen molar-refractivity contribution < 1.29 is 4.79 Å². The summed E-state index contributed by atoms with van der Waals surface area (Å²) in [5.41, 5.74) is 2.91. The molecule has 6 nitrogen and oxygen atoms in total. The van der Waals surface area contributed by atoms with Crippen LogP contribution in [0.5, 0.6) is 0 Å². The highest BCUT2D eigenvalue weighted by atomic mass is 16.2. The van der Waals surface area contributed by atoms with Crippen LogP contribution in [0.2, 0.25) is 0 Å². The zero-order valence-electron chi connectivity index (χ0n) is 16.1. The monoisotopic (exact) mass is 365 g/mol. The molecule has 0 saturated carbocycles. The van der Waals surface area contributed by atoms with Crippen LogP contribution >= 0.6 is 0 Å². The van der Waals surface area contributed by atoms with Crippen LogP contribution in [0.3, 0.4) is 0 Å². The van der Waals surface area contributed by atoms with Crippen molar-refractivity contribution in [2.75, 3.05) is 13.1 Å². The normalized spacial score (nSPS) is 15.7. The molecule has 0 unspecified atom stereocenters. The summed E-state index contributed by atoms with van der Waals surface area (Å²) >= 11 is 0. The van der Waals surface area contributed by atoms with Gasteiger partial charge >= 0.3 is 0 Å². The fourth-order valence-corrected chi connectivity index (χ4v) is 3.89. The van der Waals surface area contributed by atoms with Gasteiger partial charge in [-0.1, -0.05) is 19.1 Å². The van der Waals surface area contributed by atoms with Crippen LogP contribution in [0.1, 0.15) is 42.7 Å². The summed E-state index contributed by atoms with van der Waals surface area (Å²) in [6.07, 6.45) is 6.97. The third kappa shape index (κ3) is 4.04. The summed E-state index contributed by atoms with van der Waals surface area (Å²) in [6, 6.07) is 7.88. The molecular formula is C21H27N5O. The van der Waals surface area contributed by atoms with E-state index in [9.17, 15) is 4.79 Å². The smallest absolute Gasteiger partial charge is 0.253 e. The van der Waals surface area contributed by atoms with Gasteiger partial charge in [0.1, 0.15) is 0 Å². The van der Waals surface area contributed by atoms with E-state index in [1.165, 1.54) is 0 Å². The molecule has 0 bridgehead atoms. The van der Waals surface area contributed by atoms with Gasteiger partial charge in [0.15, 0.2) is 0 Å². The van der Waals surface area contributed by atoms with E-state index in [1.807, 2.05) is 40.0 Å². The molecule has 6 heteroatoms. The van der Waals surface area contributed by atoms with Gasteiger partial charge in [-0.25, -0.2) is 0 Å².